The summed E-state index contributed by atoms with van der Waals surface area (Å²) in [6, 6.07) is 0. The van der Waals surface area contributed by atoms with Crippen molar-refractivity contribution < 1.29 is 14.6 Å². The fraction of sp³-hybridized carbons (Fsp3) is 0.625. The maximum absolute atomic E-state index is 10.6. The highest BCUT2D eigenvalue weighted by Crippen LogP contribution is 2.19. The third-order valence-electron chi connectivity index (χ3n) is 1.71. The molecule has 0 amide bonds. The van der Waals surface area contributed by atoms with Crippen LogP contribution in [0.2, 0.25) is 0 Å². The summed E-state index contributed by atoms with van der Waals surface area (Å²) < 4.78 is 4.41. The molecule has 0 atom stereocenters. The second-order valence-corrected chi connectivity index (χ2v) is 3.24. The van der Waals surface area contributed by atoms with Crippen molar-refractivity contribution in [1.29, 1.82) is 0 Å². The minimum atomic E-state index is -0.597. The smallest absolute Gasteiger partial charge is 0.331 e. The number of ether oxygens (including phenoxy) is 1. The van der Waals surface area contributed by atoms with E-state index in [1.54, 1.807) is 13.1 Å². The number of likely N-dealkylation sites (tertiary alicyclic amines) is 1. The zero-order valence-corrected chi connectivity index (χ0v) is 7.28. The topological polar surface area (TPSA) is 49.8 Å². The van der Waals surface area contributed by atoms with Crippen LogP contribution in [0.1, 0.15) is 6.92 Å². The number of β-amino-alcohol motifs (C(OH)–C–C–N with tert-alkyl or cyclic N) is 1. The molecule has 4 heteroatoms. The Morgan fingerprint density at radius 3 is 2.67 bits per heavy atom. The molecule has 1 aliphatic rings. The molecule has 12 heavy (non-hydrogen) atoms. The quantitative estimate of drug-likeness (QED) is 0.459. The van der Waals surface area contributed by atoms with Gasteiger partial charge in [-0.15, -0.1) is 0 Å². The van der Waals surface area contributed by atoms with Crippen molar-refractivity contribution in [2.45, 2.75) is 12.5 Å². The highest BCUT2D eigenvalue weighted by molar-refractivity contribution is 5.81. The van der Waals surface area contributed by atoms with Gasteiger partial charge < -0.3 is 14.7 Å². The lowest BCUT2D eigenvalue weighted by atomic mass is 9.98. The Kier molecular flexibility index (Phi) is 2.38. The van der Waals surface area contributed by atoms with Gasteiger partial charge in [-0.05, 0) is 6.92 Å². The Morgan fingerprint density at radius 2 is 2.25 bits per heavy atom. The van der Waals surface area contributed by atoms with E-state index in [1.165, 1.54) is 13.2 Å². The van der Waals surface area contributed by atoms with E-state index in [2.05, 4.69) is 4.74 Å². The molecule has 0 aromatic rings. The van der Waals surface area contributed by atoms with Crippen LogP contribution in [0.15, 0.2) is 12.3 Å². The first-order valence-electron chi connectivity index (χ1n) is 3.76. The van der Waals surface area contributed by atoms with Gasteiger partial charge in [0, 0.05) is 25.4 Å². The van der Waals surface area contributed by atoms with E-state index in [0.717, 1.165) is 0 Å². The molecule has 0 aromatic carbocycles. The van der Waals surface area contributed by atoms with Crippen LogP contribution in [0.4, 0.5) is 0 Å². The first kappa shape index (κ1) is 9.06. The second-order valence-electron chi connectivity index (χ2n) is 3.24. The molecule has 1 rings (SSSR count). The number of methoxy groups -OCH3 is 1. The average Bonchev–Trinajstić information content (AvgIpc) is 1.96. The largest absolute Gasteiger partial charge is 0.466 e. The number of nitrogens with zero attached hydrogens (tertiary/aromatic N) is 1. The predicted molar refractivity (Wildman–Crippen MR) is 43.4 cm³/mol. The van der Waals surface area contributed by atoms with Crippen LogP contribution >= 0.6 is 0 Å². The molecule has 4 nitrogen and oxygen atoms in total. The summed E-state index contributed by atoms with van der Waals surface area (Å²) in [4.78, 5) is 12.5. The summed E-state index contributed by atoms with van der Waals surface area (Å²) in [5, 5.41) is 9.31. The third kappa shape index (κ3) is 2.23. The van der Waals surface area contributed by atoms with E-state index < -0.39 is 5.60 Å². The summed E-state index contributed by atoms with van der Waals surface area (Å²) in [6.07, 6.45) is 2.97. The fourth-order valence-electron chi connectivity index (χ4n) is 1.17. The Bertz CT molecular complexity index is 202. The lowest BCUT2D eigenvalue weighted by molar-refractivity contribution is -0.135. The molecule has 1 aliphatic heterocycles. The van der Waals surface area contributed by atoms with Crippen molar-refractivity contribution in [3.05, 3.63) is 12.3 Å². The van der Waals surface area contributed by atoms with Crippen LogP contribution < -0.4 is 0 Å². The molecule has 0 spiro atoms. The van der Waals surface area contributed by atoms with Gasteiger partial charge in [-0.25, -0.2) is 4.79 Å². The Morgan fingerprint density at radius 1 is 1.67 bits per heavy atom. The lowest BCUT2D eigenvalue weighted by Gasteiger charge is -2.43. The maximum atomic E-state index is 10.6. The summed E-state index contributed by atoms with van der Waals surface area (Å²) >= 11 is 0. The fourth-order valence-corrected chi connectivity index (χ4v) is 1.17. The first-order chi connectivity index (χ1) is 5.53. The number of esters is 1. The van der Waals surface area contributed by atoms with E-state index in [4.69, 9.17) is 0 Å². The van der Waals surface area contributed by atoms with E-state index in [0.29, 0.717) is 13.1 Å². The molecule has 1 saturated heterocycles. The molecule has 1 heterocycles. The number of carbonyl (C=O) groups is 1. The van der Waals surface area contributed by atoms with Gasteiger partial charge in [0.15, 0.2) is 0 Å². The minimum absolute atomic E-state index is 0.374. The molecular formula is C8H13NO3. The Labute approximate surface area is 71.4 Å². The summed E-state index contributed by atoms with van der Waals surface area (Å²) in [7, 11) is 1.33. The van der Waals surface area contributed by atoms with Gasteiger partial charge in [0.2, 0.25) is 0 Å². The molecule has 0 unspecified atom stereocenters. The molecule has 0 bridgehead atoms. The van der Waals surface area contributed by atoms with Crippen LogP contribution in [0.3, 0.4) is 0 Å². The third-order valence-corrected chi connectivity index (χ3v) is 1.71. The number of carbonyl (C=O) groups excluding carboxylic acids is 1. The van der Waals surface area contributed by atoms with Crippen LogP contribution in [0.25, 0.3) is 0 Å². The van der Waals surface area contributed by atoms with Gasteiger partial charge >= 0.3 is 5.97 Å². The van der Waals surface area contributed by atoms with Gasteiger partial charge in [0.05, 0.1) is 12.7 Å². The van der Waals surface area contributed by atoms with Crippen molar-refractivity contribution in [3.63, 3.8) is 0 Å². The molecular weight excluding hydrogens is 158 g/mol. The Hall–Kier alpha value is -1.03. The van der Waals surface area contributed by atoms with Crippen molar-refractivity contribution in [1.82, 2.24) is 4.90 Å². The van der Waals surface area contributed by atoms with Gasteiger partial charge in [0.1, 0.15) is 0 Å². The lowest BCUT2D eigenvalue weighted by Crippen LogP contribution is -2.57. The van der Waals surface area contributed by atoms with Gasteiger partial charge in [0.25, 0.3) is 0 Å². The van der Waals surface area contributed by atoms with Crippen molar-refractivity contribution in [2.75, 3.05) is 20.2 Å². The first-order valence-corrected chi connectivity index (χ1v) is 3.76. The van der Waals surface area contributed by atoms with Crippen LogP contribution in [-0.2, 0) is 9.53 Å². The minimum Gasteiger partial charge on any atom is -0.466 e. The maximum Gasteiger partial charge on any atom is 0.331 e. The number of hydrogen-bond donors (Lipinski definition) is 1. The normalized spacial score (nSPS) is 20.8. The molecule has 0 aromatic heterocycles. The van der Waals surface area contributed by atoms with Crippen LogP contribution in [-0.4, -0.2) is 41.8 Å². The van der Waals surface area contributed by atoms with E-state index >= 15 is 0 Å². The van der Waals surface area contributed by atoms with Crippen LogP contribution in [0, 0.1) is 0 Å². The number of rotatable bonds is 2. The molecule has 0 aliphatic carbocycles. The summed E-state index contributed by atoms with van der Waals surface area (Å²) in [6.45, 7) is 2.90. The molecule has 1 fully saturated rings. The van der Waals surface area contributed by atoms with E-state index in [-0.39, 0.29) is 5.97 Å². The van der Waals surface area contributed by atoms with Gasteiger partial charge in [-0.3, -0.25) is 0 Å². The zero-order chi connectivity index (χ0) is 9.19. The number of hydrogen-bond acceptors (Lipinski definition) is 4. The molecule has 1 N–H and O–H groups in total. The molecule has 68 valence electrons. The highest BCUT2D eigenvalue weighted by atomic mass is 16.5. The summed E-state index contributed by atoms with van der Waals surface area (Å²) in [5.74, 6) is -0.374. The predicted octanol–water partition coefficient (Wildman–Crippen LogP) is -0.260. The van der Waals surface area contributed by atoms with Crippen LogP contribution in [0.5, 0.6) is 0 Å². The monoisotopic (exact) mass is 171 g/mol. The van der Waals surface area contributed by atoms with Gasteiger partial charge in [-0.2, -0.15) is 0 Å². The molecule has 0 saturated carbocycles. The Balaban J connectivity index is 2.27. The summed E-state index contributed by atoms with van der Waals surface area (Å²) in [5.41, 5.74) is -0.597. The standard InChI is InChI=1S/C8H13NO3/c1-8(11)5-9(6-8)4-3-7(10)12-2/h3-4,11H,5-6H2,1-2H3/b4-3+. The second kappa shape index (κ2) is 3.15. The number of aliphatic hydroxyl groups is 1. The van der Waals surface area contributed by atoms with Crippen molar-refractivity contribution in [2.24, 2.45) is 0 Å². The van der Waals surface area contributed by atoms with E-state index in [1.807, 2.05) is 4.90 Å². The van der Waals surface area contributed by atoms with Crippen molar-refractivity contribution >= 4 is 5.97 Å². The zero-order valence-electron chi connectivity index (χ0n) is 7.28. The van der Waals surface area contributed by atoms with Crippen molar-refractivity contribution in [3.8, 4) is 0 Å². The highest BCUT2D eigenvalue weighted by Gasteiger charge is 2.34. The molecule has 0 radical (unpaired) electrons. The van der Waals surface area contributed by atoms with E-state index in [9.17, 15) is 9.90 Å². The average molecular weight is 171 g/mol. The SMILES string of the molecule is COC(=O)/C=C/N1CC(C)(O)C1. The van der Waals surface area contributed by atoms with Gasteiger partial charge in [-0.1, -0.05) is 0 Å².